The Hall–Kier alpha value is -0.320. The second-order valence-electron chi connectivity index (χ2n) is 2.94. The van der Waals surface area contributed by atoms with Crippen LogP contribution in [0.25, 0.3) is 0 Å². The summed E-state index contributed by atoms with van der Waals surface area (Å²) >= 11 is 5.72. The number of halogens is 2. The predicted octanol–water partition coefficient (Wildman–Crippen LogP) is 2.15. The molecule has 6 heteroatoms. The third-order valence-corrected chi connectivity index (χ3v) is 3.26. The van der Waals surface area contributed by atoms with Crippen molar-refractivity contribution in [3.8, 4) is 0 Å². The van der Waals surface area contributed by atoms with Crippen LogP contribution in [0.3, 0.4) is 0 Å². The molecule has 0 radical (unpaired) electrons. The van der Waals surface area contributed by atoms with Gasteiger partial charge < -0.3 is 0 Å². The summed E-state index contributed by atoms with van der Waals surface area (Å²) in [7, 11) is 1.65. The van der Waals surface area contributed by atoms with Gasteiger partial charge in [-0.3, -0.25) is 0 Å². The number of aryl methyl sites for hydroxylation is 2. The van der Waals surface area contributed by atoms with E-state index in [0.717, 1.165) is 11.1 Å². The van der Waals surface area contributed by atoms with E-state index in [1.165, 1.54) is 0 Å². The molecule has 0 aromatic carbocycles. The first-order valence-electron chi connectivity index (χ1n) is 3.92. The fraction of sp³-hybridized carbons (Fsp3) is 0.375. The minimum absolute atomic E-state index is 0.0860. The van der Waals surface area contributed by atoms with E-state index in [2.05, 4.69) is 4.98 Å². The maximum atomic E-state index is 10.7. The van der Waals surface area contributed by atoms with E-state index in [1.807, 2.05) is 6.92 Å². The van der Waals surface area contributed by atoms with Crippen LogP contribution in [-0.4, -0.2) is 19.2 Å². The van der Waals surface area contributed by atoms with Crippen LogP contribution in [0.5, 0.6) is 0 Å². The molecule has 0 bridgehead atoms. The Balaban J connectivity index is 2.74. The molecule has 0 N–H and O–H groups in total. The summed E-state index contributed by atoms with van der Waals surface area (Å²) in [6, 6.07) is 1.80. The monoisotopic (exact) mass is 253 g/mol. The smallest absolute Gasteiger partial charge is 0.232 e. The molecular weight excluding hydrogens is 245 g/mol. The molecule has 3 nitrogen and oxygen atoms in total. The van der Waals surface area contributed by atoms with E-state index in [-0.39, 0.29) is 5.75 Å². The highest BCUT2D eigenvalue weighted by Gasteiger charge is 2.06. The van der Waals surface area contributed by atoms with Gasteiger partial charge in [-0.05, 0) is 24.5 Å². The average molecular weight is 254 g/mol. The number of pyridine rings is 1. The first kappa shape index (κ1) is 11.8. The summed E-state index contributed by atoms with van der Waals surface area (Å²) < 4.78 is 21.4. The zero-order chi connectivity index (χ0) is 10.8. The molecule has 0 saturated heterocycles. The van der Waals surface area contributed by atoms with Crippen LogP contribution in [0, 0.1) is 6.92 Å². The Kier molecular flexibility index (Phi) is 3.75. The second-order valence-corrected chi connectivity index (χ2v) is 6.20. The SMILES string of the molecule is Cc1cc(CCS(=O)(=O)Cl)cnc1Cl. The van der Waals surface area contributed by atoms with Gasteiger partial charge in [0.15, 0.2) is 0 Å². The third kappa shape index (κ3) is 3.82. The molecule has 0 spiro atoms. The minimum atomic E-state index is -3.43. The average Bonchev–Trinajstić information content (AvgIpc) is 2.06. The van der Waals surface area contributed by atoms with E-state index in [0.29, 0.717) is 11.6 Å². The van der Waals surface area contributed by atoms with Crippen molar-refractivity contribution in [3.63, 3.8) is 0 Å². The Morgan fingerprint density at radius 1 is 1.50 bits per heavy atom. The molecule has 14 heavy (non-hydrogen) atoms. The topological polar surface area (TPSA) is 47.0 Å². The lowest BCUT2D eigenvalue weighted by Gasteiger charge is -2.01. The first-order chi connectivity index (χ1) is 6.38. The van der Waals surface area contributed by atoms with Gasteiger partial charge in [-0.15, -0.1) is 0 Å². The van der Waals surface area contributed by atoms with Gasteiger partial charge in [-0.2, -0.15) is 0 Å². The molecular formula is C8H9Cl2NO2S. The lowest BCUT2D eigenvalue weighted by Crippen LogP contribution is -2.01. The van der Waals surface area contributed by atoms with Crippen LogP contribution in [-0.2, 0) is 15.5 Å². The summed E-state index contributed by atoms with van der Waals surface area (Å²) in [4.78, 5) is 3.91. The lowest BCUT2D eigenvalue weighted by atomic mass is 10.2. The Morgan fingerprint density at radius 3 is 2.64 bits per heavy atom. The molecule has 1 aromatic rings. The van der Waals surface area contributed by atoms with Gasteiger partial charge in [0, 0.05) is 16.9 Å². The standard InChI is InChI=1S/C8H9Cl2NO2S/c1-6-4-7(5-11-8(6)9)2-3-14(10,12)13/h4-5H,2-3H2,1H3. The predicted molar refractivity (Wildman–Crippen MR) is 57.3 cm³/mol. The third-order valence-electron chi connectivity index (χ3n) is 1.71. The van der Waals surface area contributed by atoms with Crippen LogP contribution < -0.4 is 0 Å². The maximum absolute atomic E-state index is 10.7. The first-order valence-corrected chi connectivity index (χ1v) is 6.77. The molecule has 78 valence electrons. The summed E-state index contributed by atoms with van der Waals surface area (Å²) in [5.41, 5.74) is 1.65. The minimum Gasteiger partial charge on any atom is -0.244 e. The maximum Gasteiger partial charge on any atom is 0.232 e. The largest absolute Gasteiger partial charge is 0.244 e. The number of hydrogen-bond acceptors (Lipinski definition) is 3. The highest BCUT2D eigenvalue weighted by molar-refractivity contribution is 8.13. The van der Waals surface area contributed by atoms with Gasteiger partial charge in [0.25, 0.3) is 0 Å². The van der Waals surface area contributed by atoms with Crippen molar-refractivity contribution in [3.05, 3.63) is 28.5 Å². The Labute approximate surface area is 92.5 Å². The summed E-state index contributed by atoms with van der Waals surface area (Å²) in [5.74, 6) is -0.0860. The Bertz CT molecular complexity index is 431. The van der Waals surface area contributed by atoms with Crippen LogP contribution in [0.1, 0.15) is 11.1 Å². The molecule has 0 atom stereocenters. The van der Waals surface area contributed by atoms with Crippen LogP contribution >= 0.6 is 22.3 Å². The molecule has 1 rings (SSSR count). The van der Waals surface area contributed by atoms with E-state index in [1.54, 1.807) is 12.3 Å². The van der Waals surface area contributed by atoms with Gasteiger partial charge >= 0.3 is 0 Å². The molecule has 1 aromatic heterocycles. The number of aromatic nitrogens is 1. The van der Waals surface area contributed by atoms with Gasteiger partial charge in [0.05, 0.1) is 5.75 Å². The van der Waals surface area contributed by atoms with Crippen LogP contribution in [0.4, 0.5) is 0 Å². The zero-order valence-corrected chi connectivity index (χ0v) is 9.83. The quantitative estimate of drug-likeness (QED) is 0.613. The molecule has 1 heterocycles. The van der Waals surface area contributed by atoms with Crippen molar-refractivity contribution in [1.29, 1.82) is 0 Å². The van der Waals surface area contributed by atoms with Crippen LogP contribution in [0.15, 0.2) is 12.3 Å². The van der Waals surface area contributed by atoms with Gasteiger partial charge in [0.1, 0.15) is 5.15 Å². The molecule has 0 unspecified atom stereocenters. The van der Waals surface area contributed by atoms with Gasteiger partial charge in [-0.1, -0.05) is 17.7 Å². The number of hydrogen-bond donors (Lipinski definition) is 0. The summed E-state index contributed by atoms with van der Waals surface area (Å²) in [5, 5.41) is 0.433. The Morgan fingerprint density at radius 2 is 2.14 bits per heavy atom. The van der Waals surface area contributed by atoms with E-state index >= 15 is 0 Å². The highest BCUT2D eigenvalue weighted by Crippen LogP contribution is 2.13. The summed E-state index contributed by atoms with van der Waals surface area (Å²) in [6.45, 7) is 1.81. The van der Waals surface area contributed by atoms with Crippen molar-refractivity contribution in [1.82, 2.24) is 4.98 Å². The number of nitrogens with zero attached hydrogens (tertiary/aromatic N) is 1. The lowest BCUT2D eigenvalue weighted by molar-refractivity contribution is 0.609. The summed E-state index contributed by atoms with van der Waals surface area (Å²) in [6.07, 6.45) is 1.91. The van der Waals surface area contributed by atoms with Gasteiger partial charge in [0.2, 0.25) is 9.05 Å². The van der Waals surface area contributed by atoms with Crippen molar-refractivity contribution < 1.29 is 8.42 Å². The molecule has 0 fully saturated rings. The molecule has 0 aliphatic rings. The van der Waals surface area contributed by atoms with Gasteiger partial charge in [-0.25, -0.2) is 13.4 Å². The van der Waals surface area contributed by atoms with E-state index < -0.39 is 9.05 Å². The highest BCUT2D eigenvalue weighted by atomic mass is 35.7. The fourth-order valence-corrected chi connectivity index (χ4v) is 1.81. The second kappa shape index (κ2) is 4.47. The van der Waals surface area contributed by atoms with Crippen molar-refractivity contribution in [2.24, 2.45) is 0 Å². The number of rotatable bonds is 3. The molecule has 0 aliphatic heterocycles. The molecule has 0 amide bonds. The van der Waals surface area contributed by atoms with Crippen molar-refractivity contribution >= 4 is 31.3 Å². The van der Waals surface area contributed by atoms with E-state index in [4.69, 9.17) is 22.3 Å². The fourth-order valence-electron chi connectivity index (χ4n) is 0.993. The van der Waals surface area contributed by atoms with Crippen molar-refractivity contribution in [2.75, 3.05) is 5.75 Å². The molecule has 0 saturated carbocycles. The zero-order valence-electron chi connectivity index (χ0n) is 7.50. The normalized spacial score (nSPS) is 11.6. The molecule has 0 aliphatic carbocycles. The van der Waals surface area contributed by atoms with Crippen LogP contribution in [0.2, 0.25) is 5.15 Å². The van der Waals surface area contributed by atoms with E-state index in [9.17, 15) is 8.42 Å². The van der Waals surface area contributed by atoms with Crippen molar-refractivity contribution in [2.45, 2.75) is 13.3 Å².